The molecule has 102 valence electrons. The first-order valence-electron chi connectivity index (χ1n) is 7.34. The summed E-state index contributed by atoms with van der Waals surface area (Å²) in [6.45, 7) is 12.1. The van der Waals surface area contributed by atoms with Crippen LogP contribution in [0, 0.1) is 0 Å². The number of rotatable bonds is 4. The van der Waals surface area contributed by atoms with E-state index in [1.54, 1.807) is 5.57 Å². The van der Waals surface area contributed by atoms with E-state index in [1.807, 2.05) is 6.21 Å². The standard InChI is InChI=1S/C15H28N3/c1-14(2)18(3)12-10-17(11-13-18)9-6-15-4-7-16-8-5-15/h4,7,14H,5-6,8-13H2,1-3H3/q+1. The Bertz CT molecular complexity index is 323. The zero-order valence-corrected chi connectivity index (χ0v) is 12.2. The number of hydrogen-bond donors (Lipinski definition) is 0. The minimum absolute atomic E-state index is 0.754. The molecule has 0 aromatic heterocycles. The summed E-state index contributed by atoms with van der Waals surface area (Å²) in [5.74, 6) is 0. The molecule has 0 aromatic carbocycles. The molecule has 0 bridgehead atoms. The first-order chi connectivity index (χ1) is 8.60. The second-order valence-electron chi connectivity index (χ2n) is 6.24. The van der Waals surface area contributed by atoms with Gasteiger partial charge in [-0.25, -0.2) is 0 Å². The number of allylic oxidation sites excluding steroid dienone is 1. The maximum atomic E-state index is 4.24. The van der Waals surface area contributed by atoms with Gasteiger partial charge in [-0.3, -0.25) is 9.89 Å². The van der Waals surface area contributed by atoms with Crippen LogP contribution >= 0.6 is 0 Å². The smallest absolute Gasteiger partial charge is 0.0916 e. The Morgan fingerprint density at radius 1 is 1.33 bits per heavy atom. The third kappa shape index (κ3) is 3.42. The summed E-state index contributed by atoms with van der Waals surface area (Å²) in [4.78, 5) is 6.88. The Balaban J connectivity index is 1.74. The van der Waals surface area contributed by atoms with Gasteiger partial charge < -0.3 is 4.48 Å². The van der Waals surface area contributed by atoms with Crippen LogP contribution in [0.1, 0.15) is 26.7 Å². The normalized spacial score (nSPS) is 24.3. The average molecular weight is 250 g/mol. The van der Waals surface area contributed by atoms with Crippen molar-refractivity contribution in [1.82, 2.24) is 4.90 Å². The monoisotopic (exact) mass is 250 g/mol. The van der Waals surface area contributed by atoms with E-state index in [2.05, 4.69) is 36.9 Å². The third-order valence-corrected chi connectivity index (χ3v) is 4.83. The molecule has 0 atom stereocenters. The largest absolute Gasteiger partial charge is 0.322 e. The fraction of sp³-hybridized carbons (Fsp3) is 0.800. The van der Waals surface area contributed by atoms with Crippen molar-refractivity contribution in [3.8, 4) is 0 Å². The van der Waals surface area contributed by atoms with Crippen molar-refractivity contribution in [1.29, 1.82) is 0 Å². The summed E-state index contributed by atoms with van der Waals surface area (Å²) in [5.41, 5.74) is 1.58. The van der Waals surface area contributed by atoms with E-state index in [4.69, 9.17) is 0 Å². The van der Waals surface area contributed by atoms with Crippen LogP contribution in [0.2, 0.25) is 0 Å². The van der Waals surface area contributed by atoms with Crippen LogP contribution < -0.4 is 0 Å². The van der Waals surface area contributed by atoms with Crippen LogP contribution in [0.15, 0.2) is 16.6 Å². The van der Waals surface area contributed by atoms with Crippen LogP contribution in [0.5, 0.6) is 0 Å². The lowest BCUT2D eigenvalue weighted by Gasteiger charge is -2.45. The fourth-order valence-corrected chi connectivity index (χ4v) is 2.74. The predicted molar refractivity (Wildman–Crippen MR) is 78.2 cm³/mol. The van der Waals surface area contributed by atoms with Crippen LogP contribution in [0.4, 0.5) is 0 Å². The highest BCUT2D eigenvalue weighted by molar-refractivity contribution is 5.73. The number of nitrogens with zero attached hydrogens (tertiary/aromatic N) is 3. The quantitative estimate of drug-likeness (QED) is 0.696. The molecule has 0 spiro atoms. The minimum Gasteiger partial charge on any atom is -0.322 e. The van der Waals surface area contributed by atoms with Gasteiger partial charge in [0.1, 0.15) is 0 Å². The maximum absolute atomic E-state index is 4.24. The van der Waals surface area contributed by atoms with E-state index in [0.717, 1.165) is 12.6 Å². The Morgan fingerprint density at radius 3 is 2.61 bits per heavy atom. The Kier molecular flexibility index (Phi) is 4.57. The molecule has 3 nitrogen and oxygen atoms in total. The fourth-order valence-electron chi connectivity index (χ4n) is 2.74. The van der Waals surface area contributed by atoms with Crippen molar-refractivity contribution in [2.45, 2.75) is 32.7 Å². The van der Waals surface area contributed by atoms with Gasteiger partial charge in [0, 0.05) is 32.4 Å². The molecule has 3 heteroatoms. The molecule has 1 fully saturated rings. The zero-order chi connectivity index (χ0) is 13.0. The van der Waals surface area contributed by atoms with Crippen molar-refractivity contribution in [2.75, 3.05) is 46.3 Å². The first kappa shape index (κ1) is 13.8. The predicted octanol–water partition coefficient (Wildman–Crippen LogP) is 1.95. The first-order valence-corrected chi connectivity index (χ1v) is 7.34. The summed E-state index contributed by atoms with van der Waals surface area (Å²) in [7, 11) is 2.40. The summed E-state index contributed by atoms with van der Waals surface area (Å²) in [6, 6.07) is 0.754. The SMILES string of the molecule is CC(C)[N+]1(C)CCN(CCC2=CC=NCC2)CC1. The number of dihydropyridines is 1. The van der Waals surface area contributed by atoms with Crippen molar-refractivity contribution >= 4 is 6.21 Å². The van der Waals surface area contributed by atoms with Gasteiger partial charge in [0.2, 0.25) is 0 Å². The molecule has 1 saturated heterocycles. The molecule has 0 unspecified atom stereocenters. The van der Waals surface area contributed by atoms with E-state index < -0.39 is 0 Å². The third-order valence-electron chi connectivity index (χ3n) is 4.83. The number of aliphatic imine (C=N–C) groups is 1. The molecule has 0 saturated carbocycles. The second-order valence-corrected chi connectivity index (χ2v) is 6.24. The molecule has 2 aliphatic heterocycles. The highest BCUT2D eigenvalue weighted by atomic mass is 15.4. The summed E-state index contributed by atoms with van der Waals surface area (Å²) in [6.07, 6.45) is 6.59. The molecule has 18 heavy (non-hydrogen) atoms. The van der Waals surface area contributed by atoms with E-state index >= 15 is 0 Å². The molecule has 0 radical (unpaired) electrons. The van der Waals surface area contributed by atoms with Gasteiger partial charge in [0.25, 0.3) is 0 Å². The average Bonchev–Trinajstić information content (AvgIpc) is 2.39. The number of piperazine rings is 1. The Labute approximate surface area is 112 Å². The molecule has 0 aromatic rings. The highest BCUT2D eigenvalue weighted by Gasteiger charge is 2.30. The van der Waals surface area contributed by atoms with Crippen LogP contribution in [0.25, 0.3) is 0 Å². The maximum Gasteiger partial charge on any atom is 0.0916 e. The van der Waals surface area contributed by atoms with Crippen molar-refractivity contribution in [3.05, 3.63) is 11.6 Å². The van der Waals surface area contributed by atoms with Gasteiger partial charge in [0.05, 0.1) is 26.2 Å². The zero-order valence-electron chi connectivity index (χ0n) is 12.2. The molecular weight excluding hydrogens is 222 g/mol. The van der Waals surface area contributed by atoms with Crippen LogP contribution in [-0.2, 0) is 0 Å². The Morgan fingerprint density at radius 2 is 2.06 bits per heavy atom. The van der Waals surface area contributed by atoms with Gasteiger partial charge in [-0.2, -0.15) is 0 Å². The van der Waals surface area contributed by atoms with Gasteiger partial charge in [0.15, 0.2) is 0 Å². The minimum atomic E-state index is 0.754. The van der Waals surface area contributed by atoms with Crippen molar-refractivity contribution in [2.24, 2.45) is 4.99 Å². The molecule has 0 aliphatic carbocycles. The van der Waals surface area contributed by atoms with E-state index in [0.29, 0.717) is 0 Å². The molecule has 2 heterocycles. The van der Waals surface area contributed by atoms with Crippen molar-refractivity contribution < 1.29 is 4.48 Å². The molecule has 2 rings (SSSR count). The highest BCUT2D eigenvalue weighted by Crippen LogP contribution is 2.17. The van der Waals surface area contributed by atoms with Crippen LogP contribution in [-0.4, -0.2) is 68.0 Å². The lowest BCUT2D eigenvalue weighted by molar-refractivity contribution is -0.933. The van der Waals surface area contributed by atoms with Gasteiger partial charge >= 0.3 is 0 Å². The van der Waals surface area contributed by atoms with Gasteiger partial charge in [-0.1, -0.05) is 5.57 Å². The van der Waals surface area contributed by atoms with Crippen molar-refractivity contribution in [3.63, 3.8) is 0 Å². The Hall–Kier alpha value is -0.670. The van der Waals surface area contributed by atoms with E-state index in [1.165, 1.54) is 50.0 Å². The number of quaternary nitrogens is 1. The van der Waals surface area contributed by atoms with Gasteiger partial charge in [-0.15, -0.1) is 0 Å². The summed E-state index contributed by atoms with van der Waals surface area (Å²) in [5, 5.41) is 0. The lowest BCUT2D eigenvalue weighted by atomic mass is 10.1. The molecule has 2 aliphatic rings. The summed E-state index contributed by atoms with van der Waals surface area (Å²) >= 11 is 0. The molecular formula is C15H28N3+. The number of hydrogen-bond acceptors (Lipinski definition) is 2. The van der Waals surface area contributed by atoms with Crippen LogP contribution in [0.3, 0.4) is 0 Å². The summed E-state index contributed by atoms with van der Waals surface area (Å²) < 4.78 is 1.24. The van der Waals surface area contributed by atoms with Gasteiger partial charge in [-0.05, 0) is 32.8 Å². The number of likely N-dealkylation sites (N-methyl/N-ethyl adjacent to an activating group) is 1. The van der Waals surface area contributed by atoms with E-state index in [9.17, 15) is 0 Å². The second kappa shape index (κ2) is 5.98. The molecule has 0 N–H and O–H groups in total. The molecule has 0 amide bonds. The lowest BCUT2D eigenvalue weighted by Crippen LogP contribution is -2.60. The topological polar surface area (TPSA) is 15.6 Å². The van der Waals surface area contributed by atoms with E-state index in [-0.39, 0.29) is 0 Å².